The molecular weight excluding hydrogens is 210 g/mol. The van der Waals surface area contributed by atoms with E-state index in [0.717, 1.165) is 17.3 Å². The SMILES string of the molecule is CC(C)[C@H]1CSC(=NCCCC(N)=O)N1. The van der Waals surface area contributed by atoms with Gasteiger partial charge in [0, 0.05) is 24.8 Å². The van der Waals surface area contributed by atoms with Gasteiger partial charge in [0.1, 0.15) is 0 Å². The summed E-state index contributed by atoms with van der Waals surface area (Å²) < 4.78 is 0. The van der Waals surface area contributed by atoms with Crippen molar-refractivity contribution in [2.75, 3.05) is 12.3 Å². The van der Waals surface area contributed by atoms with E-state index in [-0.39, 0.29) is 5.91 Å². The minimum absolute atomic E-state index is 0.248. The highest BCUT2D eigenvalue weighted by Crippen LogP contribution is 2.18. The molecule has 1 rings (SSSR count). The number of rotatable bonds is 5. The summed E-state index contributed by atoms with van der Waals surface area (Å²) in [6.45, 7) is 5.09. The first-order chi connectivity index (χ1) is 7.09. The van der Waals surface area contributed by atoms with Crippen LogP contribution >= 0.6 is 11.8 Å². The van der Waals surface area contributed by atoms with E-state index < -0.39 is 0 Å². The number of aliphatic imine (C=N–C) groups is 1. The summed E-state index contributed by atoms with van der Waals surface area (Å²) >= 11 is 1.76. The van der Waals surface area contributed by atoms with Crippen molar-refractivity contribution < 1.29 is 4.79 Å². The Bertz CT molecular complexity index is 253. The number of hydrogen-bond donors (Lipinski definition) is 2. The number of nitrogens with two attached hydrogens (primary N) is 1. The molecule has 0 aromatic carbocycles. The number of thioether (sulfide) groups is 1. The van der Waals surface area contributed by atoms with E-state index in [0.29, 0.717) is 24.9 Å². The molecule has 4 nitrogen and oxygen atoms in total. The van der Waals surface area contributed by atoms with Crippen molar-refractivity contribution in [1.82, 2.24) is 5.32 Å². The van der Waals surface area contributed by atoms with Crippen molar-refractivity contribution in [2.45, 2.75) is 32.7 Å². The zero-order chi connectivity index (χ0) is 11.3. The Hall–Kier alpha value is -0.710. The van der Waals surface area contributed by atoms with E-state index in [1.165, 1.54) is 0 Å². The van der Waals surface area contributed by atoms with Gasteiger partial charge < -0.3 is 11.1 Å². The van der Waals surface area contributed by atoms with Crippen molar-refractivity contribution >= 4 is 22.8 Å². The second-order valence-corrected chi connectivity index (χ2v) is 5.07. The Morgan fingerprint density at radius 1 is 1.73 bits per heavy atom. The zero-order valence-electron chi connectivity index (χ0n) is 9.32. The Morgan fingerprint density at radius 2 is 2.47 bits per heavy atom. The third kappa shape index (κ3) is 4.55. The molecule has 1 atom stereocenters. The quantitative estimate of drug-likeness (QED) is 0.690. The standard InChI is InChI=1S/C10H19N3OS/c1-7(2)8-6-15-10(13-8)12-5-3-4-9(11)14/h7-8H,3-6H2,1-2H3,(H2,11,14)(H,12,13)/t8-/m1/s1. The largest absolute Gasteiger partial charge is 0.370 e. The Kier molecular flexibility index (Phi) is 4.94. The van der Waals surface area contributed by atoms with Crippen LogP contribution in [0.4, 0.5) is 0 Å². The fourth-order valence-corrected chi connectivity index (χ4v) is 2.52. The first-order valence-electron chi connectivity index (χ1n) is 5.31. The molecule has 1 aliphatic heterocycles. The normalized spacial score (nSPS) is 23.4. The second kappa shape index (κ2) is 6.00. The molecule has 0 aromatic rings. The van der Waals surface area contributed by atoms with Gasteiger partial charge in [-0.15, -0.1) is 0 Å². The van der Waals surface area contributed by atoms with Crippen molar-refractivity contribution in [3.05, 3.63) is 0 Å². The summed E-state index contributed by atoms with van der Waals surface area (Å²) in [5, 5.41) is 4.39. The number of carbonyl (C=O) groups excluding carboxylic acids is 1. The van der Waals surface area contributed by atoms with Gasteiger partial charge in [-0.2, -0.15) is 0 Å². The lowest BCUT2D eigenvalue weighted by Crippen LogP contribution is -2.31. The maximum atomic E-state index is 10.5. The average molecular weight is 229 g/mol. The lowest BCUT2D eigenvalue weighted by molar-refractivity contribution is -0.118. The molecular formula is C10H19N3OS. The molecule has 1 fully saturated rings. The molecule has 0 saturated carbocycles. The molecule has 1 heterocycles. The molecule has 0 bridgehead atoms. The van der Waals surface area contributed by atoms with E-state index in [1.54, 1.807) is 11.8 Å². The van der Waals surface area contributed by atoms with Crippen molar-refractivity contribution in [3.8, 4) is 0 Å². The summed E-state index contributed by atoms with van der Waals surface area (Å²) in [6, 6.07) is 0.532. The molecule has 0 aliphatic carbocycles. The molecule has 86 valence electrons. The Morgan fingerprint density at radius 3 is 3.00 bits per heavy atom. The molecule has 1 amide bonds. The third-order valence-electron chi connectivity index (χ3n) is 2.35. The smallest absolute Gasteiger partial charge is 0.217 e. The summed E-state index contributed by atoms with van der Waals surface area (Å²) in [4.78, 5) is 14.9. The molecule has 1 aliphatic rings. The van der Waals surface area contributed by atoms with Crippen LogP contribution in [0.5, 0.6) is 0 Å². The molecule has 5 heteroatoms. The van der Waals surface area contributed by atoms with Gasteiger partial charge in [0.2, 0.25) is 5.91 Å². The molecule has 0 aromatic heterocycles. The van der Waals surface area contributed by atoms with E-state index >= 15 is 0 Å². The summed E-state index contributed by atoms with van der Waals surface area (Å²) in [5.41, 5.74) is 5.04. The predicted octanol–water partition coefficient (Wildman–Crippen LogP) is 0.969. The molecule has 0 radical (unpaired) electrons. The number of primary amides is 1. The second-order valence-electron chi connectivity index (χ2n) is 4.06. The molecule has 0 unspecified atom stereocenters. The van der Waals surface area contributed by atoms with Gasteiger partial charge in [-0.3, -0.25) is 9.79 Å². The van der Waals surface area contributed by atoms with Gasteiger partial charge in [0.05, 0.1) is 0 Å². The maximum Gasteiger partial charge on any atom is 0.217 e. The molecule has 0 spiro atoms. The minimum Gasteiger partial charge on any atom is -0.370 e. The van der Waals surface area contributed by atoms with Gasteiger partial charge in [-0.25, -0.2) is 0 Å². The van der Waals surface area contributed by atoms with E-state index in [9.17, 15) is 4.79 Å². The van der Waals surface area contributed by atoms with Crippen molar-refractivity contribution in [2.24, 2.45) is 16.6 Å². The number of amides is 1. The summed E-state index contributed by atoms with van der Waals surface area (Å²) in [7, 11) is 0. The van der Waals surface area contributed by atoms with Crippen LogP contribution < -0.4 is 11.1 Å². The topological polar surface area (TPSA) is 67.5 Å². The van der Waals surface area contributed by atoms with Gasteiger partial charge >= 0.3 is 0 Å². The lowest BCUT2D eigenvalue weighted by atomic mass is 10.1. The van der Waals surface area contributed by atoms with Crippen LogP contribution in [0.2, 0.25) is 0 Å². The fraction of sp³-hybridized carbons (Fsp3) is 0.800. The number of carbonyl (C=O) groups is 1. The summed E-state index contributed by atoms with van der Waals surface area (Å²) in [6.07, 6.45) is 1.17. The fourth-order valence-electron chi connectivity index (χ4n) is 1.29. The maximum absolute atomic E-state index is 10.5. The molecule has 15 heavy (non-hydrogen) atoms. The van der Waals surface area contributed by atoms with Crippen LogP contribution in [-0.4, -0.2) is 29.4 Å². The number of amidine groups is 1. The highest BCUT2D eigenvalue weighted by molar-refractivity contribution is 8.14. The van der Waals surface area contributed by atoms with Crippen LogP contribution in [0.3, 0.4) is 0 Å². The van der Waals surface area contributed by atoms with E-state index in [4.69, 9.17) is 5.73 Å². The Balaban J connectivity index is 2.22. The van der Waals surface area contributed by atoms with Gasteiger partial charge in [0.15, 0.2) is 5.17 Å². The summed E-state index contributed by atoms with van der Waals surface area (Å²) in [5.74, 6) is 1.48. The van der Waals surface area contributed by atoms with Crippen LogP contribution in [0.15, 0.2) is 4.99 Å². The third-order valence-corrected chi connectivity index (χ3v) is 3.40. The van der Waals surface area contributed by atoms with Gasteiger partial charge in [-0.1, -0.05) is 25.6 Å². The minimum atomic E-state index is -0.248. The van der Waals surface area contributed by atoms with Crippen LogP contribution in [-0.2, 0) is 4.79 Å². The first kappa shape index (κ1) is 12.4. The van der Waals surface area contributed by atoms with E-state index in [2.05, 4.69) is 24.2 Å². The Labute approximate surface area is 95.1 Å². The van der Waals surface area contributed by atoms with Crippen LogP contribution in [0, 0.1) is 5.92 Å². The highest BCUT2D eigenvalue weighted by Gasteiger charge is 2.22. The first-order valence-corrected chi connectivity index (χ1v) is 6.30. The number of nitrogens with zero attached hydrogens (tertiary/aromatic N) is 1. The average Bonchev–Trinajstić information content (AvgIpc) is 2.60. The van der Waals surface area contributed by atoms with Crippen molar-refractivity contribution in [1.29, 1.82) is 0 Å². The number of nitrogens with one attached hydrogen (secondary N) is 1. The van der Waals surface area contributed by atoms with Crippen molar-refractivity contribution in [3.63, 3.8) is 0 Å². The predicted molar refractivity (Wildman–Crippen MR) is 65.0 cm³/mol. The molecule has 1 saturated heterocycles. The van der Waals surface area contributed by atoms with Crippen LogP contribution in [0.1, 0.15) is 26.7 Å². The highest BCUT2D eigenvalue weighted by atomic mass is 32.2. The van der Waals surface area contributed by atoms with Gasteiger partial charge in [0.25, 0.3) is 0 Å². The lowest BCUT2D eigenvalue weighted by Gasteiger charge is -2.12. The zero-order valence-corrected chi connectivity index (χ0v) is 10.1. The molecule has 3 N–H and O–H groups in total. The van der Waals surface area contributed by atoms with Crippen LogP contribution in [0.25, 0.3) is 0 Å². The van der Waals surface area contributed by atoms with E-state index in [1.807, 2.05) is 0 Å². The number of hydrogen-bond acceptors (Lipinski definition) is 3. The monoisotopic (exact) mass is 229 g/mol. The van der Waals surface area contributed by atoms with Gasteiger partial charge in [-0.05, 0) is 12.3 Å².